The molecule has 0 radical (unpaired) electrons. The Bertz CT molecular complexity index is 783. The lowest BCUT2D eigenvalue weighted by Gasteiger charge is -2.05. The van der Waals surface area contributed by atoms with Crippen LogP contribution >= 0.6 is 11.3 Å². The smallest absolute Gasteiger partial charge is 0.263 e. The topological polar surface area (TPSA) is 114 Å². The van der Waals surface area contributed by atoms with Gasteiger partial charge in [-0.3, -0.25) is 4.79 Å². The molecule has 114 valence electrons. The maximum Gasteiger partial charge on any atom is 0.263 e. The molecule has 0 atom stereocenters. The van der Waals surface area contributed by atoms with E-state index < -0.39 is 10.0 Å². The van der Waals surface area contributed by atoms with Crippen LogP contribution in [0.2, 0.25) is 0 Å². The number of aryl methyl sites for hydroxylation is 1. The molecule has 1 amide bonds. The first-order valence-corrected chi connectivity index (χ1v) is 8.65. The van der Waals surface area contributed by atoms with E-state index in [-0.39, 0.29) is 18.2 Å². The molecule has 0 fully saturated rings. The molecule has 2 aromatic heterocycles. The standard InChI is InChI=1S/C12H16N4O3S2/c1-7-3-4-16-12-8(7)9(13)10(20-12)11(17)15-5-6-21(18,19)14-2/h3-4,14H,5-6,13H2,1-2H3,(H,15,17). The van der Waals surface area contributed by atoms with E-state index >= 15 is 0 Å². The van der Waals surface area contributed by atoms with E-state index in [1.54, 1.807) is 6.20 Å². The molecule has 0 aliphatic carbocycles. The Morgan fingerprint density at radius 1 is 1.48 bits per heavy atom. The number of amides is 1. The summed E-state index contributed by atoms with van der Waals surface area (Å²) in [6.45, 7) is 1.91. The normalized spacial score (nSPS) is 11.7. The molecule has 7 nitrogen and oxygen atoms in total. The summed E-state index contributed by atoms with van der Waals surface area (Å²) in [6, 6.07) is 1.83. The summed E-state index contributed by atoms with van der Waals surface area (Å²) in [7, 11) is -2.01. The van der Waals surface area contributed by atoms with Gasteiger partial charge in [-0.05, 0) is 25.6 Å². The van der Waals surface area contributed by atoms with Crippen LogP contribution in [0.3, 0.4) is 0 Å². The molecule has 9 heteroatoms. The Balaban J connectivity index is 2.17. The minimum atomic E-state index is -3.34. The molecule has 2 rings (SSSR count). The van der Waals surface area contributed by atoms with Crippen LogP contribution in [0.1, 0.15) is 15.2 Å². The summed E-state index contributed by atoms with van der Waals surface area (Å²) in [5.41, 5.74) is 7.34. The minimum absolute atomic E-state index is 0.0160. The molecule has 4 N–H and O–H groups in total. The van der Waals surface area contributed by atoms with Crippen molar-refractivity contribution in [3.8, 4) is 0 Å². The van der Waals surface area contributed by atoms with E-state index in [1.807, 2.05) is 13.0 Å². The number of aromatic nitrogens is 1. The zero-order valence-electron chi connectivity index (χ0n) is 11.6. The molecule has 0 saturated carbocycles. The number of nitrogens with zero attached hydrogens (tertiary/aromatic N) is 1. The number of anilines is 1. The highest BCUT2D eigenvalue weighted by atomic mass is 32.2. The number of nitrogens with two attached hydrogens (primary N) is 1. The predicted octanol–water partition coefficient (Wildman–Crippen LogP) is 0.466. The van der Waals surface area contributed by atoms with Gasteiger partial charge in [0.1, 0.15) is 9.71 Å². The average molecular weight is 328 g/mol. The number of hydrogen-bond acceptors (Lipinski definition) is 6. The lowest BCUT2D eigenvalue weighted by Crippen LogP contribution is -2.32. The highest BCUT2D eigenvalue weighted by molar-refractivity contribution is 7.89. The first kappa shape index (κ1) is 15.7. The van der Waals surface area contributed by atoms with Gasteiger partial charge in [-0.1, -0.05) is 0 Å². The fourth-order valence-corrected chi connectivity index (χ4v) is 3.49. The highest BCUT2D eigenvalue weighted by Crippen LogP contribution is 2.34. The third-order valence-electron chi connectivity index (χ3n) is 3.01. The SMILES string of the molecule is CNS(=O)(=O)CCNC(=O)c1sc2nccc(C)c2c1N. The number of thiophene rings is 1. The van der Waals surface area contributed by atoms with Gasteiger partial charge in [0, 0.05) is 18.1 Å². The average Bonchev–Trinajstić information content (AvgIpc) is 2.77. The summed E-state index contributed by atoms with van der Waals surface area (Å²) >= 11 is 1.20. The Morgan fingerprint density at radius 3 is 2.81 bits per heavy atom. The van der Waals surface area contributed by atoms with E-state index in [0.717, 1.165) is 10.9 Å². The van der Waals surface area contributed by atoms with Gasteiger partial charge in [0.15, 0.2) is 0 Å². The molecular weight excluding hydrogens is 312 g/mol. The number of carbonyl (C=O) groups excluding carboxylic acids is 1. The third kappa shape index (κ3) is 3.31. The van der Waals surface area contributed by atoms with Gasteiger partial charge in [-0.15, -0.1) is 11.3 Å². The van der Waals surface area contributed by atoms with Crippen molar-refractivity contribution in [3.05, 3.63) is 22.7 Å². The Morgan fingerprint density at radius 2 is 2.19 bits per heavy atom. The molecule has 2 aromatic rings. The van der Waals surface area contributed by atoms with Crippen LogP contribution in [-0.2, 0) is 10.0 Å². The molecule has 0 aromatic carbocycles. The van der Waals surface area contributed by atoms with E-state index in [2.05, 4.69) is 15.0 Å². The van der Waals surface area contributed by atoms with Gasteiger partial charge >= 0.3 is 0 Å². The van der Waals surface area contributed by atoms with E-state index in [1.165, 1.54) is 18.4 Å². The monoisotopic (exact) mass is 328 g/mol. The van der Waals surface area contributed by atoms with Crippen molar-refractivity contribution in [3.63, 3.8) is 0 Å². The van der Waals surface area contributed by atoms with Crippen molar-refractivity contribution in [1.29, 1.82) is 0 Å². The summed E-state index contributed by atoms with van der Waals surface area (Å²) in [6.07, 6.45) is 1.66. The number of carbonyl (C=O) groups is 1. The van der Waals surface area contributed by atoms with Crippen molar-refractivity contribution in [1.82, 2.24) is 15.0 Å². The second-order valence-corrected chi connectivity index (χ2v) is 7.48. The van der Waals surface area contributed by atoms with Gasteiger partial charge in [0.05, 0.1) is 11.4 Å². The van der Waals surface area contributed by atoms with Gasteiger partial charge in [0.25, 0.3) is 5.91 Å². The number of hydrogen-bond donors (Lipinski definition) is 3. The second kappa shape index (κ2) is 5.96. The molecule has 0 bridgehead atoms. The quantitative estimate of drug-likeness (QED) is 0.738. The largest absolute Gasteiger partial charge is 0.397 e. The molecule has 0 spiro atoms. The number of fused-ring (bicyclic) bond motifs is 1. The summed E-state index contributed by atoms with van der Waals surface area (Å²) in [4.78, 5) is 17.3. The lowest BCUT2D eigenvalue weighted by atomic mass is 10.2. The molecule has 2 heterocycles. The van der Waals surface area contributed by atoms with Crippen LogP contribution in [0.15, 0.2) is 12.3 Å². The molecule has 0 saturated heterocycles. The molecule has 0 aliphatic heterocycles. The lowest BCUT2D eigenvalue weighted by molar-refractivity contribution is 0.0961. The Kier molecular flexibility index (Phi) is 4.45. The van der Waals surface area contributed by atoms with E-state index in [9.17, 15) is 13.2 Å². The van der Waals surface area contributed by atoms with Crippen LogP contribution < -0.4 is 15.8 Å². The number of rotatable bonds is 5. The molecule has 21 heavy (non-hydrogen) atoms. The number of nitrogen functional groups attached to an aromatic ring is 1. The van der Waals surface area contributed by atoms with Gasteiger partial charge in [-0.25, -0.2) is 18.1 Å². The van der Waals surface area contributed by atoms with E-state index in [4.69, 9.17) is 5.73 Å². The van der Waals surface area contributed by atoms with Crippen molar-refractivity contribution in [2.75, 3.05) is 25.1 Å². The minimum Gasteiger partial charge on any atom is -0.397 e. The predicted molar refractivity (Wildman–Crippen MR) is 83.9 cm³/mol. The van der Waals surface area contributed by atoms with Gasteiger partial charge < -0.3 is 11.1 Å². The number of nitrogens with one attached hydrogen (secondary N) is 2. The summed E-state index contributed by atoms with van der Waals surface area (Å²) < 4.78 is 24.7. The molecule has 0 unspecified atom stereocenters. The van der Waals surface area contributed by atoms with Crippen LogP contribution in [0.4, 0.5) is 5.69 Å². The van der Waals surface area contributed by atoms with Crippen molar-refractivity contribution < 1.29 is 13.2 Å². The summed E-state index contributed by atoms with van der Waals surface area (Å²) in [5, 5.41) is 3.33. The highest BCUT2D eigenvalue weighted by Gasteiger charge is 2.18. The number of sulfonamides is 1. The first-order chi connectivity index (χ1) is 9.85. The number of pyridine rings is 1. The maximum atomic E-state index is 12.1. The van der Waals surface area contributed by atoms with Crippen molar-refractivity contribution in [2.45, 2.75) is 6.92 Å². The first-order valence-electron chi connectivity index (χ1n) is 6.18. The van der Waals surface area contributed by atoms with Gasteiger partial charge in [-0.2, -0.15) is 0 Å². The summed E-state index contributed by atoms with van der Waals surface area (Å²) in [5.74, 6) is -0.571. The molecule has 0 aliphatic rings. The zero-order chi connectivity index (χ0) is 15.6. The molecular formula is C12H16N4O3S2. The maximum absolute atomic E-state index is 12.1. The van der Waals surface area contributed by atoms with Crippen molar-refractivity contribution in [2.24, 2.45) is 0 Å². The van der Waals surface area contributed by atoms with Crippen LogP contribution in [0.25, 0.3) is 10.2 Å². The zero-order valence-corrected chi connectivity index (χ0v) is 13.3. The Hall–Kier alpha value is -1.71. The van der Waals surface area contributed by atoms with Gasteiger partial charge in [0.2, 0.25) is 10.0 Å². The van der Waals surface area contributed by atoms with Crippen LogP contribution in [0, 0.1) is 6.92 Å². The van der Waals surface area contributed by atoms with Crippen LogP contribution in [-0.4, -0.2) is 38.7 Å². The van der Waals surface area contributed by atoms with E-state index in [0.29, 0.717) is 15.4 Å². The van der Waals surface area contributed by atoms with Crippen molar-refractivity contribution >= 4 is 43.2 Å². The fraction of sp³-hybridized carbons (Fsp3) is 0.333. The van der Waals surface area contributed by atoms with Crippen LogP contribution in [0.5, 0.6) is 0 Å². The third-order valence-corrected chi connectivity index (χ3v) is 5.49. The Labute approximate surface area is 126 Å². The second-order valence-electron chi connectivity index (χ2n) is 4.43. The fourth-order valence-electron chi connectivity index (χ4n) is 1.85.